The normalized spacial score (nSPS) is 11.8. The molecule has 0 bridgehead atoms. The summed E-state index contributed by atoms with van der Waals surface area (Å²) >= 11 is 0. The van der Waals surface area contributed by atoms with Crippen molar-refractivity contribution < 1.29 is 13.9 Å². The summed E-state index contributed by atoms with van der Waals surface area (Å²) in [5.74, 6) is -1.15. The van der Waals surface area contributed by atoms with Crippen LogP contribution in [0.15, 0.2) is 29.3 Å². The number of nitrogens with one attached hydrogen (secondary N) is 1. The van der Waals surface area contributed by atoms with Gasteiger partial charge in [-0.2, -0.15) is 0 Å². The Kier molecular flexibility index (Phi) is 5.48. The van der Waals surface area contributed by atoms with Crippen LogP contribution in [0.4, 0.5) is 4.39 Å². The number of hydrogen-bond donors (Lipinski definition) is 1. The van der Waals surface area contributed by atoms with E-state index >= 15 is 0 Å². The van der Waals surface area contributed by atoms with E-state index in [1.165, 1.54) is 18.2 Å². The number of halogens is 1. The fraction of sp³-hybridized carbons (Fsp3) is 0.429. The summed E-state index contributed by atoms with van der Waals surface area (Å²) in [4.78, 5) is 16.1. The van der Waals surface area contributed by atoms with E-state index in [9.17, 15) is 9.18 Å². The predicted molar refractivity (Wildman–Crippen MR) is 72.7 cm³/mol. The van der Waals surface area contributed by atoms with Gasteiger partial charge in [0.1, 0.15) is 5.82 Å². The van der Waals surface area contributed by atoms with E-state index < -0.39 is 11.7 Å². The molecular weight excluding hydrogens is 247 g/mol. The summed E-state index contributed by atoms with van der Waals surface area (Å²) in [6.45, 7) is 7.37. The second kappa shape index (κ2) is 6.87. The highest BCUT2D eigenvalue weighted by molar-refractivity contribution is 6.04. The molecule has 1 aromatic carbocycles. The van der Waals surface area contributed by atoms with Crippen molar-refractivity contribution in [1.82, 2.24) is 5.32 Å². The Bertz CT molecular complexity index is 470. The first-order chi connectivity index (χ1) is 8.90. The second-order valence-corrected chi connectivity index (χ2v) is 4.63. The molecule has 0 aromatic heterocycles. The fourth-order valence-corrected chi connectivity index (χ4v) is 1.36. The molecule has 0 aliphatic rings. The zero-order valence-corrected chi connectivity index (χ0v) is 11.6. The third kappa shape index (κ3) is 5.07. The summed E-state index contributed by atoms with van der Waals surface area (Å²) in [5.41, 5.74) is -0.0358. The monoisotopic (exact) mass is 266 g/mol. The zero-order valence-electron chi connectivity index (χ0n) is 11.6. The summed E-state index contributed by atoms with van der Waals surface area (Å²) in [7, 11) is 0. The molecule has 0 spiro atoms. The molecule has 0 saturated heterocycles. The first-order valence-electron chi connectivity index (χ1n) is 6.20. The molecule has 0 unspecified atom stereocenters. The Morgan fingerprint density at radius 2 is 1.89 bits per heavy atom. The van der Waals surface area contributed by atoms with Gasteiger partial charge in [0, 0.05) is 6.04 Å². The lowest BCUT2D eigenvalue weighted by molar-refractivity contribution is 0.0955. The maximum absolute atomic E-state index is 13.5. The van der Waals surface area contributed by atoms with E-state index in [1.54, 1.807) is 6.07 Å². The highest BCUT2D eigenvalue weighted by Gasteiger charge is 2.14. The number of carbonyl (C=O) groups excluding carboxylic acids is 1. The molecule has 1 N–H and O–H groups in total. The summed E-state index contributed by atoms with van der Waals surface area (Å²) in [6.07, 6.45) is -0.126. The number of hydrogen-bond acceptors (Lipinski definition) is 3. The lowest BCUT2D eigenvalue weighted by Crippen LogP contribution is -2.35. The third-order valence-corrected chi connectivity index (χ3v) is 2.06. The van der Waals surface area contributed by atoms with Crippen LogP contribution in [0.5, 0.6) is 0 Å². The van der Waals surface area contributed by atoms with Crippen molar-refractivity contribution in [1.29, 1.82) is 0 Å². The molecule has 0 aliphatic heterocycles. The smallest absolute Gasteiger partial charge is 0.292 e. The Morgan fingerprint density at radius 1 is 1.26 bits per heavy atom. The van der Waals surface area contributed by atoms with Crippen LogP contribution in [-0.2, 0) is 4.74 Å². The largest absolute Gasteiger partial charge is 0.462 e. The van der Waals surface area contributed by atoms with Crippen LogP contribution in [-0.4, -0.2) is 24.1 Å². The average Bonchev–Trinajstić information content (AvgIpc) is 2.27. The number of rotatable bonds is 3. The Balaban J connectivity index is 2.85. The van der Waals surface area contributed by atoms with E-state index in [2.05, 4.69) is 10.3 Å². The minimum Gasteiger partial charge on any atom is -0.462 e. The number of benzene rings is 1. The standard InChI is InChI=1S/C14H19FN2O2/c1-9(2)16-14(19-10(3)4)17-13(18)11-7-5-6-8-12(11)15/h5-10H,1-4H3,(H,16,17,18). The fourth-order valence-electron chi connectivity index (χ4n) is 1.36. The SMILES string of the molecule is CC(C)N=C(NC(=O)c1ccccc1F)OC(C)C. The molecule has 104 valence electrons. The minimum atomic E-state index is -0.576. The Hall–Kier alpha value is -1.91. The van der Waals surface area contributed by atoms with Crippen molar-refractivity contribution >= 4 is 11.9 Å². The number of aliphatic imine (C=N–C) groups is 1. The van der Waals surface area contributed by atoms with Gasteiger partial charge in [-0.3, -0.25) is 10.1 Å². The molecule has 4 nitrogen and oxygen atoms in total. The molecule has 0 atom stereocenters. The van der Waals surface area contributed by atoms with E-state index in [0.717, 1.165) is 0 Å². The maximum atomic E-state index is 13.5. The number of amidine groups is 1. The van der Waals surface area contributed by atoms with E-state index in [1.807, 2.05) is 27.7 Å². The van der Waals surface area contributed by atoms with Crippen molar-refractivity contribution in [2.45, 2.75) is 39.8 Å². The first-order valence-corrected chi connectivity index (χ1v) is 6.20. The average molecular weight is 266 g/mol. The molecule has 1 aromatic rings. The maximum Gasteiger partial charge on any atom is 0.292 e. The highest BCUT2D eigenvalue weighted by Crippen LogP contribution is 2.06. The van der Waals surface area contributed by atoms with E-state index in [0.29, 0.717) is 0 Å². The van der Waals surface area contributed by atoms with Crippen molar-refractivity contribution in [3.8, 4) is 0 Å². The van der Waals surface area contributed by atoms with Crippen LogP contribution < -0.4 is 5.32 Å². The molecule has 0 heterocycles. The second-order valence-electron chi connectivity index (χ2n) is 4.63. The summed E-state index contributed by atoms with van der Waals surface area (Å²) in [6, 6.07) is 5.85. The molecule has 0 aliphatic carbocycles. The molecule has 0 fully saturated rings. The van der Waals surface area contributed by atoms with Crippen LogP contribution in [0.25, 0.3) is 0 Å². The molecule has 1 amide bonds. The molecule has 19 heavy (non-hydrogen) atoms. The number of nitrogens with zero attached hydrogens (tertiary/aromatic N) is 1. The van der Waals surface area contributed by atoms with Crippen LogP contribution in [0, 0.1) is 5.82 Å². The van der Waals surface area contributed by atoms with Crippen LogP contribution in [0.2, 0.25) is 0 Å². The van der Waals surface area contributed by atoms with Gasteiger partial charge in [0.05, 0.1) is 11.7 Å². The number of amides is 1. The summed E-state index contributed by atoms with van der Waals surface area (Å²) in [5, 5.41) is 2.49. The molecular formula is C14H19FN2O2. The molecule has 5 heteroatoms. The van der Waals surface area contributed by atoms with Gasteiger partial charge < -0.3 is 4.74 Å². The van der Waals surface area contributed by atoms with Crippen molar-refractivity contribution in [2.75, 3.05) is 0 Å². The van der Waals surface area contributed by atoms with Crippen molar-refractivity contribution in [3.05, 3.63) is 35.6 Å². The van der Waals surface area contributed by atoms with Crippen LogP contribution in [0.3, 0.4) is 0 Å². The molecule has 0 radical (unpaired) electrons. The van der Waals surface area contributed by atoms with Crippen molar-refractivity contribution in [3.63, 3.8) is 0 Å². The lowest BCUT2D eigenvalue weighted by Gasteiger charge is -2.14. The first kappa shape index (κ1) is 15.1. The Morgan fingerprint density at radius 3 is 2.42 bits per heavy atom. The lowest BCUT2D eigenvalue weighted by atomic mass is 10.2. The molecule has 1 rings (SSSR count). The van der Waals surface area contributed by atoms with Crippen molar-refractivity contribution in [2.24, 2.45) is 4.99 Å². The minimum absolute atomic E-state index is 0.0327. The third-order valence-electron chi connectivity index (χ3n) is 2.06. The van der Waals surface area contributed by atoms with Gasteiger partial charge in [-0.15, -0.1) is 0 Å². The van der Waals surface area contributed by atoms with Gasteiger partial charge in [0.2, 0.25) is 0 Å². The number of ether oxygens (including phenoxy) is 1. The Labute approximate surface area is 112 Å². The van der Waals surface area contributed by atoms with Gasteiger partial charge in [-0.25, -0.2) is 9.38 Å². The van der Waals surface area contributed by atoms with E-state index in [-0.39, 0.29) is 23.7 Å². The van der Waals surface area contributed by atoms with Gasteiger partial charge >= 0.3 is 0 Å². The van der Waals surface area contributed by atoms with E-state index in [4.69, 9.17) is 4.74 Å². The summed E-state index contributed by atoms with van der Waals surface area (Å²) < 4.78 is 18.9. The zero-order chi connectivity index (χ0) is 14.4. The topological polar surface area (TPSA) is 50.7 Å². The van der Waals surface area contributed by atoms with Gasteiger partial charge in [0.15, 0.2) is 0 Å². The highest BCUT2D eigenvalue weighted by atomic mass is 19.1. The quantitative estimate of drug-likeness (QED) is 0.675. The van der Waals surface area contributed by atoms with Gasteiger partial charge in [-0.1, -0.05) is 12.1 Å². The number of carbonyl (C=O) groups is 1. The van der Waals surface area contributed by atoms with Gasteiger partial charge in [-0.05, 0) is 39.8 Å². The van der Waals surface area contributed by atoms with Gasteiger partial charge in [0.25, 0.3) is 11.9 Å². The van der Waals surface area contributed by atoms with Crippen LogP contribution >= 0.6 is 0 Å². The molecule has 0 saturated carbocycles. The predicted octanol–water partition coefficient (Wildman–Crippen LogP) is 2.74. The van der Waals surface area contributed by atoms with Crippen LogP contribution in [0.1, 0.15) is 38.1 Å².